The van der Waals surface area contributed by atoms with Gasteiger partial charge in [-0.05, 0) is 18.4 Å². The zero-order valence-electron chi connectivity index (χ0n) is 8.39. The molecule has 0 saturated carbocycles. The molecule has 1 aromatic heterocycles. The molecular weight excluding hydrogens is 232 g/mol. The molecule has 0 aromatic carbocycles. The van der Waals surface area contributed by atoms with Gasteiger partial charge in [-0.15, -0.1) is 11.3 Å². The highest BCUT2D eigenvalue weighted by Gasteiger charge is 2.09. The third-order valence-corrected chi connectivity index (χ3v) is 3.28. The molecule has 1 aromatic rings. The zero-order valence-corrected chi connectivity index (χ0v) is 10.0. The molecule has 0 radical (unpaired) electrons. The molecule has 0 atom stereocenters. The van der Waals surface area contributed by atoms with Gasteiger partial charge in [-0.25, -0.2) is 0 Å². The van der Waals surface area contributed by atoms with Crippen LogP contribution in [-0.4, -0.2) is 23.4 Å². The second-order valence-electron chi connectivity index (χ2n) is 2.72. The minimum atomic E-state index is -0.331. The standard InChI is InChI=1S/C10H12O3S2/c1-2-13-9(11)7-15-10(12)6-8-4-3-5-14-8/h3-5H,2,6-7H2,1H3. The van der Waals surface area contributed by atoms with E-state index in [1.807, 2.05) is 17.5 Å². The third-order valence-electron chi connectivity index (χ3n) is 1.56. The van der Waals surface area contributed by atoms with E-state index in [2.05, 4.69) is 0 Å². The van der Waals surface area contributed by atoms with Crippen molar-refractivity contribution in [2.75, 3.05) is 12.4 Å². The van der Waals surface area contributed by atoms with Crippen LogP contribution in [0.4, 0.5) is 0 Å². The van der Waals surface area contributed by atoms with Crippen molar-refractivity contribution in [3.05, 3.63) is 22.4 Å². The molecule has 15 heavy (non-hydrogen) atoms. The molecule has 0 aliphatic rings. The van der Waals surface area contributed by atoms with Crippen LogP contribution in [0.25, 0.3) is 0 Å². The Labute approximate surface area is 96.8 Å². The quantitative estimate of drug-likeness (QED) is 0.744. The van der Waals surface area contributed by atoms with Crippen LogP contribution in [0.15, 0.2) is 17.5 Å². The second-order valence-corrected chi connectivity index (χ2v) is 4.79. The molecule has 3 nitrogen and oxygen atoms in total. The van der Waals surface area contributed by atoms with Gasteiger partial charge in [-0.2, -0.15) is 0 Å². The summed E-state index contributed by atoms with van der Waals surface area (Å²) in [6.07, 6.45) is 0.391. The Morgan fingerprint density at radius 2 is 2.33 bits per heavy atom. The van der Waals surface area contributed by atoms with E-state index in [4.69, 9.17) is 4.74 Å². The van der Waals surface area contributed by atoms with Gasteiger partial charge >= 0.3 is 5.97 Å². The first kappa shape index (κ1) is 12.3. The van der Waals surface area contributed by atoms with Gasteiger partial charge in [-0.1, -0.05) is 17.8 Å². The van der Waals surface area contributed by atoms with Crippen molar-refractivity contribution in [3.8, 4) is 0 Å². The summed E-state index contributed by atoms with van der Waals surface area (Å²) in [4.78, 5) is 23.4. The van der Waals surface area contributed by atoms with Crippen LogP contribution in [-0.2, 0) is 20.7 Å². The lowest BCUT2D eigenvalue weighted by molar-refractivity contribution is -0.140. The first-order chi connectivity index (χ1) is 7.22. The lowest BCUT2D eigenvalue weighted by atomic mass is 10.4. The van der Waals surface area contributed by atoms with Gasteiger partial charge in [0.25, 0.3) is 0 Å². The zero-order chi connectivity index (χ0) is 11.1. The van der Waals surface area contributed by atoms with Gasteiger partial charge in [-0.3, -0.25) is 9.59 Å². The van der Waals surface area contributed by atoms with Crippen LogP contribution in [0.5, 0.6) is 0 Å². The van der Waals surface area contributed by atoms with Crippen molar-refractivity contribution < 1.29 is 14.3 Å². The number of carbonyl (C=O) groups is 2. The van der Waals surface area contributed by atoms with Crippen LogP contribution in [0.2, 0.25) is 0 Å². The first-order valence-electron chi connectivity index (χ1n) is 4.56. The first-order valence-corrected chi connectivity index (χ1v) is 6.42. The van der Waals surface area contributed by atoms with E-state index in [1.54, 1.807) is 18.3 Å². The third kappa shape index (κ3) is 4.99. The lowest BCUT2D eigenvalue weighted by Crippen LogP contribution is -2.09. The number of ether oxygens (including phenoxy) is 1. The summed E-state index contributed by atoms with van der Waals surface area (Å²) < 4.78 is 4.72. The van der Waals surface area contributed by atoms with Gasteiger partial charge in [0.2, 0.25) is 0 Å². The molecule has 0 bridgehead atoms. The Hall–Kier alpha value is -0.810. The molecular formula is C10H12O3S2. The lowest BCUT2D eigenvalue weighted by Gasteiger charge is -2.00. The van der Waals surface area contributed by atoms with Crippen LogP contribution < -0.4 is 0 Å². The summed E-state index contributed by atoms with van der Waals surface area (Å²) in [5.41, 5.74) is 0. The van der Waals surface area contributed by atoms with Gasteiger partial charge in [0.1, 0.15) is 0 Å². The minimum Gasteiger partial charge on any atom is -0.465 e. The van der Waals surface area contributed by atoms with Crippen molar-refractivity contribution in [2.24, 2.45) is 0 Å². The molecule has 5 heteroatoms. The average molecular weight is 244 g/mol. The van der Waals surface area contributed by atoms with E-state index in [9.17, 15) is 9.59 Å². The molecule has 1 rings (SSSR count). The SMILES string of the molecule is CCOC(=O)CSC(=O)Cc1cccs1. The molecule has 82 valence electrons. The Kier molecular flexibility index (Phi) is 5.42. The van der Waals surface area contributed by atoms with Crippen LogP contribution in [0.3, 0.4) is 0 Å². The number of rotatable bonds is 5. The number of esters is 1. The molecule has 0 aliphatic carbocycles. The topological polar surface area (TPSA) is 43.4 Å². The summed E-state index contributed by atoms with van der Waals surface area (Å²) in [5, 5.41) is 1.93. The Morgan fingerprint density at radius 1 is 1.53 bits per heavy atom. The minimum absolute atomic E-state index is 0.00510. The summed E-state index contributed by atoms with van der Waals surface area (Å²) in [6.45, 7) is 2.11. The smallest absolute Gasteiger partial charge is 0.316 e. The normalized spacial score (nSPS) is 9.93. The van der Waals surface area contributed by atoms with E-state index in [-0.39, 0.29) is 16.8 Å². The van der Waals surface area contributed by atoms with Crippen LogP contribution >= 0.6 is 23.1 Å². The monoisotopic (exact) mass is 244 g/mol. The van der Waals surface area contributed by atoms with E-state index in [0.717, 1.165) is 16.6 Å². The van der Waals surface area contributed by atoms with Crippen molar-refractivity contribution in [2.45, 2.75) is 13.3 Å². The summed E-state index contributed by atoms with van der Waals surface area (Å²) in [5.74, 6) is -0.222. The predicted octanol–water partition coefficient (Wildman–Crippen LogP) is 2.11. The molecule has 0 N–H and O–H groups in total. The highest BCUT2D eigenvalue weighted by Crippen LogP contribution is 2.14. The maximum Gasteiger partial charge on any atom is 0.316 e. The highest BCUT2D eigenvalue weighted by molar-refractivity contribution is 8.14. The van der Waals surface area contributed by atoms with E-state index < -0.39 is 0 Å². The largest absolute Gasteiger partial charge is 0.465 e. The van der Waals surface area contributed by atoms with Gasteiger partial charge in [0.15, 0.2) is 5.12 Å². The van der Waals surface area contributed by atoms with Crippen molar-refractivity contribution in [1.82, 2.24) is 0 Å². The fourth-order valence-electron chi connectivity index (χ4n) is 0.949. The van der Waals surface area contributed by atoms with Crippen molar-refractivity contribution in [3.63, 3.8) is 0 Å². The molecule has 0 amide bonds. The number of thiophene rings is 1. The highest BCUT2D eigenvalue weighted by atomic mass is 32.2. The molecule has 0 spiro atoms. The van der Waals surface area contributed by atoms with Gasteiger partial charge in [0, 0.05) is 4.88 Å². The van der Waals surface area contributed by atoms with E-state index in [0.29, 0.717) is 13.0 Å². The number of carbonyl (C=O) groups excluding carboxylic acids is 2. The predicted molar refractivity (Wildman–Crippen MR) is 62.1 cm³/mol. The summed E-state index contributed by atoms with van der Waals surface area (Å²) in [7, 11) is 0. The van der Waals surface area contributed by atoms with Gasteiger partial charge < -0.3 is 4.74 Å². The fraction of sp³-hybridized carbons (Fsp3) is 0.400. The molecule has 0 fully saturated rings. The molecule has 1 heterocycles. The Morgan fingerprint density at radius 3 is 2.93 bits per heavy atom. The van der Waals surface area contributed by atoms with Crippen LogP contribution in [0.1, 0.15) is 11.8 Å². The maximum absolute atomic E-state index is 11.4. The number of thioether (sulfide) groups is 1. The Balaban J connectivity index is 2.22. The maximum atomic E-state index is 11.4. The fourth-order valence-corrected chi connectivity index (χ4v) is 2.36. The van der Waals surface area contributed by atoms with E-state index in [1.165, 1.54) is 0 Å². The summed E-state index contributed by atoms with van der Waals surface area (Å²) >= 11 is 2.56. The molecule has 0 aliphatic heterocycles. The van der Waals surface area contributed by atoms with Crippen molar-refractivity contribution >= 4 is 34.2 Å². The number of hydrogen-bond donors (Lipinski definition) is 0. The molecule has 0 unspecified atom stereocenters. The van der Waals surface area contributed by atoms with Crippen LogP contribution in [0, 0.1) is 0 Å². The van der Waals surface area contributed by atoms with Crippen molar-refractivity contribution in [1.29, 1.82) is 0 Å². The molecule has 0 saturated heterocycles. The van der Waals surface area contributed by atoms with E-state index >= 15 is 0 Å². The Bertz CT molecular complexity index is 319. The second kappa shape index (κ2) is 6.63. The average Bonchev–Trinajstić information content (AvgIpc) is 2.68. The number of hydrogen-bond acceptors (Lipinski definition) is 5. The van der Waals surface area contributed by atoms with Gasteiger partial charge in [0.05, 0.1) is 18.8 Å². The summed E-state index contributed by atoms with van der Waals surface area (Å²) in [6, 6.07) is 3.82.